The van der Waals surface area contributed by atoms with Crippen LogP contribution in [0, 0.1) is 5.92 Å². The van der Waals surface area contributed by atoms with Crippen LogP contribution in [0.5, 0.6) is 0 Å². The van der Waals surface area contributed by atoms with E-state index in [4.69, 9.17) is 4.42 Å². The Balaban J connectivity index is 2.64. The molecule has 0 aliphatic rings. The van der Waals surface area contributed by atoms with Gasteiger partial charge in [0.1, 0.15) is 0 Å². The van der Waals surface area contributed by atoms with Gasteiger partial charge in [-0.3, -0.25) is 4.79 Å². The van der Waals surface area contributed by atoms with Crippen molar-refractivity contribution >= 4 is 17.5 Å². The summed E-state index contributed by atoms with van der Waals surface area (Å²) in [6.07, 6.45) is 0. The molecule has 1 aromatic rings. The van der Waals surface area contributed by atoms with Crippen LogP contribution in [0.15, 0.2) is 21.6 Å². The highest BCUT2D eigenvalue weighted by molar-refractivity contribution is 7.99. The number of rotatable bonds is 4. The standard InChI is InChI=1S/C11H16O2S/c1-7(2)9(4)14-11-6-5-10(13-11)8(3)12/h5-7,9H,1-4H3. The molecule has 2 nitrogen and oxygen atoms in total. The van der Waals surface area contributed by atoms with E-state index in [-0.39, 0.29) is 5.78 Å². The number of Topliss-reactive ketones (excluding diaryl/α,β-unsaturated/α-hetero) is 1. The van der Waals surface area contributed by atoms with Gasteiger partial charge in [0.25, 0.3) is 0 Å². The van der Waals surface area contributed by atoms with E-state index in [0.29, 0.717) is 16.9 Å². The van der Waals surface area contributed by atoms with Gasteiger partial charge in [0, 0.05) is 12.2 Å². The summed E-state index contributed by atoms with van der Waals surface area (Å²) in [6, 6.07) is 3.60. The van der Waals surface area contributed by atoms with Gasteiger partial charge in [-0.05, 0) is 18.1 Å². The number of thioether (sulfide) groups is 1. The normalized spacial score (nSPS) is 13.2. The average molecular weight is 212 g/mol. The molecule has 0 N–H and O–H groups in total. The van der Waals surface area contributed by atoms with Crippen molar-refractivity contribution in [3.05, 3.63) is 17.9 Å². The first kappa shape index (κ1) is 11.4. The van der Waals surface area contributed by atoms with Crippen molar-refractivity contribution in [1.29, 1.82) is 0 Å². The monoisotopic (exact) mass is 212 g/mol. The Labute approximate surface area is 89.1 Å². The third-order valence-corrected chi connectivity index (χ3v) is 3.54. The minimum absolute atomic E-state index is 0.0194. The highest BCUT2D eigenvalue weighted by Gasteiger charge is 2.12. The van der Waals surface area contributed by atoms with E-state index in [0.717, 1.165) is 5.09 Å². The second-order valence-electron chi connectivity index (χ2n) is 3.74. The van der Waals surface area contributed by atoms with Crippen LogP contribution in [0.4, 0.5) is 0 Å². The zero-order valence-corrected chi connectivity index (χ0v) is 9.85. The van der Waals surface area contributed by atoms with Crippen molar-refractivity contribution in [2.75, 3.05) is 0 Å². The molecule has 0 aliphatic carbocycles. The van der Waals surface area contributed by atoms with Gasteiger partial charge in [-0.1, -0.05) is 32.5 Å². The van der Waals surface area contributed by atoms with Gasteiger partial charge in [-0.2, -0.15) is 0 Å². The van der Waals surface area contributed by atoms with Gasteiger partial charge >= 0.3 is 0 Å². The van der Waals surface area contributed by atoms with E-state index in [1.54, 1.807) is 17.8 Å². The molecule has 1 unspecified atom stereocenters. The molecule has 0 fully saturated rings. The summed E-state index contributed by atoms with van der Waals surface area (Å²) < 4.78 is 5.38. The van der Waals surface area contributed by atoms with Crippen LogP contribution in [0.3, 0.4) is 0 Å². The van der Waals surface area contributed by atoms with Crippen LogP contribution in [0.1, 0.15) is 38.2 Å². The fourth-order valence-electron chi connectivity index (χ4n) is 0.892. The number of hydrogen-bond donors (Lipinski definition) is 0. The lowest BCUT2D eigenvalue weighted by molar-refractivity contribution is 0.0982. The molecule has 1 heterocycles. The van der Waals surface area contributed by atoms with E-state index >= 15 is 0 Å². The minimum atomic E-state index is -0.0194. The number of carbonyl (C=O) groups is 1. The first-order chi connectivity index (χ1) is 6.50. The lowest BCUT2D eigenvalue weighted by atomic mass is 10.2. The molecular weight excluding hydrogens is 196 g/mol. The van der Waals surface area contributed by atoms with Crippen molar-refractivity contribution < 1.29 is 9.21 Å². The molecule has 0 saturated carbocycles. The summed E-state index contributed by atoms with van der Waals surface area (Å²) in [6.45, 7) is 8.02. The molecular formula is C11H16O2S. The molecule has 0 spiro atoms. The van der Waals surface area contributed by atoms with Crippen molar-refractivity contribution in [3.8, 4) is 0 Å². The Kier molecular flexibility index (Phi) is 3.81. The summed E-state index contributed by atoms with van der Waals surface area (Å²) in [5.74, 6) is 1.03. The van der Waals surface area contributed by atoms with Gasteiger partial charge < -0.3 is 4.42 Å². The molecule has 1 aromatic heterocycles. The quantitative estimate of drug-likeness (QED) is 0.564. The van der Waals surface area contributed by atoms with Gasteiger partial charge in [-0.25, -0.2) is 0 Å². The molecule has 1 atom stereocenters. The van der Waals surface area contributed by atoms with Crippen LogP contribution in [-0.4, -0.2) is 11.0 Å². The van der Waals surface area contributed by atoms with E-state index in [1.807, 2.05) is 6.07 Å². The SMILES string of the molecule is CC(=O)c1ccc(SC(C)C(C)C)o1. The van der Waals surface area contributed by atoms with Crippen LogP contribution < -0.4 is 0 Å². The predicted molar refractivity (Wildman–Crippen MR) is 58.9 cm³/mol. The topological polar surface area (TPSA) is 30.2 Å². The van der Waals surface area contributed by atoms with E-state index < -0.39 is 0 Å². The van der Waals surface area contributed by atoms with Crippen molar-refractivity contribution in [1.82, 2.24) is 0 Å². The summed E-state index contributed by atoms with van der Waals surface area (Å²) in [5.41, 5.74) is 0. The van der Waals surface area contributed by atoms with Crippen LogP contribution >= 0.6 is 11.8 Å². The smallest absolute Gasteiger partial charge is 0.194 e. The van der Waals surface area contributed by atoms with Crippen molar-refractivity contribution in [3.63, 3.8) is 0 Å². The second kappa shape index (κ2) is 4.69. The van der Waals surface area contributed by atoms with Crippen LogP contribution in [-0.2, 0) is 0 Å². The maximum atomic E-state index is 11.0. The third-order valence-electron chi connectivity index (χ3n) is 2.17. The predicted octanol–water partition coefficient (Wildman–Crippen LogP) is 3.62. The fourth-order valence-corrected chi connectivity index (χ4v) is 1.82. The molecule has 0 amide bonds. The summed E-state index contributed by atoms with van der Waals surface area (Å²) in [7, 11) is 0. The van der Waals surface area contributed by atoms with Crippen molar-refractivity contribution in [2.45, 2.75) is 38.0 Å². The molecule has 0 aromatic carbocycles. The Morgan fingerprint density at radius 2 is 2.00 bits per heavy atom. The van der Waals surface area contributed by atoms with Gasteiger partial charge in [0.15, 0.2) is 16.6 Å². The molecule has 78 valence electrons. The van der Waals surface area contributed by atoms with Crippen molar-refractivity contribution in [2.24, 2.45) is 5.92 Å². The van der Waals surface area contributed by atoms with E-state index in [2.05, 4.69) is 20.8 Å². The van der Waals surface area contributed by atoms with Crippen LogP contribution in [0.2, 0.25) is 0 Å². The molecule has 1 rings (SSSR count). The lowest BCUT2D eigenvalue weighted by Crippen LogP contribution is -2.04. The average Bonchev–Trinajstić information content (AvgIpc) is 2.52. The highest BCUT2D eigenvalue weighted by atomic mass is 32.2. The fraction of sp³-hybridized carbons (Fsp3) is 0.545. The zero-order valence-electron chi connectivity index (χ0n) is 9.03. The van der Waals surface area contributed by atoms with Gasteiger partial charge in [-0.15, -0.1) is 0 Å². The largest absolute Gasteiger partial charge is 0.447 e. The van der Waals surface area contributed by atoms with E-state index in [9.17, 15) is 4.79 Å². The number of ketones is 1. The first-order valence-corrected chi connectivity index (χ1v) is 5.66. The maximum absolute atomic E-state index is 11.0. The summed E-state index contributed by atoms with van der Waals surface area (Å²) >= 11 is 1.67. The molecule has 0 bridgehead atoms. The molecule has 0 aliphatic heterocycles. The van der Waals surface area contributed by atoms with Crippen LogP contribution in [0.25, 0.3) is 0 Å². The molecule has 0 saturated heterocycles. The Morgan fingerprint density at radius 1 is 1.36 bits per heavy atom. The van der Waals surface area contributed by atoms with Gasteiger partial charge in [0.2, 0.25) is 0 Å². The van der Waals surface area contributed by atoms with Gasteiger partial charge in [0.05, 0.1) is 0 Å². The Bertz CT molecular complexity index is 315. The first-order valence-electron chi connectivity index (χ1n) is 4.78. The zero-order chi connectivity index (χ0) is 10.7. The maximum Gasteiger partial charge on any atom is 0.194 e. The minimum Gasteiger partial charge on any atom is -0.447 e. The second-order valence-corrected chi connectivity index (χ2v) is 5.12. The highest BCUT2D eigenvalue weighted by Crippen LogP contribution is 2.29. The number of hydrogen-bond acceptors (Lipinski definition) is 3. The summed E-state index contributed by atoms with van der Waals surface area (Å²) in [5, 5.41) is 1.33. The number of carbonyl (C=O) groups excluding carboxylic acids is 1. The van der Waals surface area contributed by atoms with E-state index in [1.165, 1.54) is 6.92 Å². The summed E-state index contributed by atoms with van der Waals surface area (Å²) in [4.78, 5) is 11.0. The molecule has 0 radical (unpaired) electrons. The Hall–Kier alpha value is -0.700. The Morgan fingerprint density at radius 3 is 2.43 bits per heavy atom. The lowest BCUT2D eigenvalue weighted by Gasteiger charge is -2.12. The third kappa shape index (κ3) is 2.91. The number of furan rings is 1. The molecule has 3 heteroatoms. The molecule has 14 heavy (non-hydrogen) atoms.